The molecule has 1 atom stereocenters. The van der Waals surface area contributed by atoms with Gasteiger partial charge in [0.2, 0.25) is 29.4 Å². The molecule has 1 unspecified atom stereocenters. The molecule has 170 valence electrons. The Labute approximate surface area is 185 Å². The van der Waals surface area contributed by atoms with Crippen molar-refractivity contribution in [2.45, 2.75) is 19.2 Å². The third-order valence-corrected chi connectivity index (χ3v) is 4.45. The van der Waals surface area contributed by atoms with E-state index >= 15 is 0 Å². The van der Waals surface area contributed by atoms with E-state index in [9.17, 15) is 13.2 Å². The third kappa shape index (κ3) is 4.97. The summed E-state index contributed by atoms with van der Waals surface area (Å²) < 4.78 is 47.9. The molecule has 0 spiro atoms. The fourth-order valence-electron chi connectivity index (χ4n) is 2.65. The summed E-state index contributed by atoms with van der Waals surface area (Å²) >= 11 is 0. The lowest BCUT2D eigenvalue weighted by molar-refractivity contribution is -0.189. The van der Waals surface area contributed by atoms with E-state index in [1.807, 2.05) is 30.3 Å². The van der Waals surface area contributed by atoms with E-state index in [1.165, 1.54) is 18.3 Å². The van der Waals surface area contributed by atoms with Crippen molar-refractivity contribution in [1.29, 1.82) is 0 Å². The molecule has 33 heavy (non-hydrogen) atoms. The second kappa shape index (κ2) is 8.68. The number of nitrogens with two attached hydrogens (primary N) is 1. The molecule has 0 fully saturated rings. The van der Waals surface area contributed by atoms with E-state index in [0.717, 1.165) is 12.6 Å². The number of para-hydroxylation sites is 1. The van der Waals surface area contributed by atoms with Crippen LogP contribution in [0.5, 0.6) is 5.88 Å². The highest BCUT2D eigenvalue weighted by molar-refractivity contribution is 5.60. The molecule has 0 bridgehead atoms. The van der Waals surface area contributed by atoms with Gasteiger partial charge >= 0.3 is 6.18 Å². The number of aromatic nitrogens is 6. The SMILES string of the molecule is CC(Oc1ccc(-c2nc(-c3nc(N)nc(N(C)c4ccccc4)n3)no2)cn1)C(F)(F)F. The minimum atomic E-state index is -4.50. The summed E-state index contributed by atoms with van der Waals surface area (Å²) in [4.78, 5) is 22.4. The second-order valence-electron chi connectivity index (χ2n) is 6.82. The Morgan fingerprint density at radius 3 is 2.42 bits per heavy atom. The molecule has 0 radical (unpaired) electrons. The van der Waals surface area contributed by atoms with Crippen molar-refractivity contribution in [3.05, 3.63) is 48.7 Å². The molecule has 0 aliphatic heterocycles. The monoisotopic (exact) mass is 458 g/mol. The van der Waals surface area contributed by atoms with Crippen molar-refractivity contribution in [2.24, 2.45) is 0 Å². The smallest absolute Gasteiger partial charge is 0.425 e. The summed E-state index contributed by atoms with van der Waals surface area (Å²) in [6, 6.07) is 12.1. The number of hydrogen-bond acceptors (Lipinski definition) is 10. The van der Waals surface area contributed by atoms with Gasteiger partial charge in [-0.05, 0) is 25.1 Å². The number of rotatable bonds is 6. The van der Waals surface area contributed by atoms with Gasteiger partial charge in [0.15, 0.2) is 6.10 Å². The van der Waals surface area contributed by atoms with E-state index in [1.54, 1.807) is 11.9 Å². The van der Waals surface area contributed by atoms with Gasteiger partial charge < -0.3 is 19.9 Å². The molecular weight excluding hydrogens is 441 g/mol. The summed E-state index contributed by atoms with van der Waals surface area (Å²) in [5.74, 6) is 0.241. The van der Waals surface area contributed by atoms with Gasteiger partial charge in [-0.15, -0.1) is 0 Å². The summed E-state index contributed by atoms with van der Waals surface area (Å²) in [6.45, 7) is 0.893. The zero-order valence-corrected chi connectivity index (χ0v) is 17.4. The highest BCUT2D eigenvalue weighted by atomic mass is 19.4. The summed E-state index contributed by atoms with van der Waals surface area (Å²) in [5, 5.41) is 3.86. The van der Waals surface area contributed by atoms with Gasteiger partial charge in [0.1, 0.15) is 0 Å². The molecule has 10 nitrogen and oxygen atoms in total. The highest BCUT2D eigenvalue weighted by Gasteiger charge is 2.38. The van der Waals surface area contributed by atoms with Gasteiger partial charge in [-0.2, -0.15) is 33.1 Å². The minimum absolute atomic E-state index is 0.0360. The first-order valence-corrected chi connectivity index (χ1v) is 9.55. The molecule has 3 aromatic heterocycles. The number of hydrogen-bond donors (Lipinski definition) is 1. The number of ether oxygens (including phenoxy) is 1. The Bertz CT molecular complexity index is 1230. The van der Waals surface area contributed by atoms with Crippen LogP contribution in [-0.2, 0) is 0 Å². The largest absolute Gasteiger partial charge is 0.465 e. The summed E-state index contributed by atoms with van der Waals surface area (Å²) in [5.41, 5.74) is 7.03. The van der Waals surface area contributed by atoms with E-state index in [4.69, 9.17) is 15.0 Å². The average Bonchev–Trinajstić information content (AvgIpc) is 3.29. The van der Waals surface area contributed by atoms with Crippen LogP contribution in [0.4, 0.5) is 30.8 Å². The summed E-state index contributed by atoms with van der Waals surface area (Å²) in [6.07, 6.45) is -5.24. The quantitative estimate of drug-likeness (QED) is 0.457. The van der Waals surface area contributed by atoms with Crippen LogP contribution in [-0.4, -0.2) is 49.4 Å². The van der Waals surface area contributed by atoms with Gasteiger partial charge in [-0.25, -0.2) is 4.98 Å². The maximum absolute atomic E-state index is 12.6. The molecule has 0 aliphatic carbocycles. The van der Waals surface area contributed by atoms with E-state index in [2.05, 4.69) is 30.1 Å². The first-order chi connectivity index (χ1) is 15.7. The van der Waals surface area contributed by atoms with Crippen LogP contribution in [0.3, 0.4) is 0 Å². The molecule has 0 aliphatic rings. The molecule has 0 saturated carbocycles. The van der Waals surface area contributed by atoms with Gasteiger partial charge in [-0.1, -0.05) is 23.4 Å². The van der Waals surface area contributed by atoms with Crippen LogP contribution in [0.15, 0.2) is 53.2 Å². The van der Waals surface area contributed by atoms with Crippen LogP contribution >= 0.6 is 0 Å². The maximum Gasteiger partial charge on any atom is 0.425 e. The Hall–Kier alpha value is -4.29. The molecule has 13 heteroatoms. The predicted octanol–water partition coefficient (Wildman–Crippen LogP) is 3.66. The molecule has 3 heterocycles. The molecule has 0 saturated heterocycles. The first kappa shape index (κ1) is 21.9. The van der Waals surface area contributed by atoms with Crippen molar-refractivity contribution >= 4 is 17.6 Å². The fraction of sp³-hybridized carbons (Fsp3) is 0.200. The van der Waals surface area contributed by atoms with Crippen LogP contribution in [0, 0.1) is 0 Å². The molecule has 0 amide bonds. The normalized spacial score (nSPS) is 12.4. The van der Waals surface area contributed by atoms with Crippen molar-refractivity contribution in [1.82, 2.24) is 30.1 Å². The van der Waals surface area contributed by atoms with Crippen molar-refractivity contribution in [3.8, 4) is 29.0 Å². The Kier molecular flexibility index (Phi) is 5.77. The Morgan fingerprint density at radius 2 is 1.76 bits per heavy atom. The van der Waals surface area contributed by atoms with E-state index in [0.29, 0.717) is 5.56 Å². The Morgan fingerprint density at radius 1 is 1.00 bits per heavy atom. The molecule has 1 aromatic carbocycles. The van der Waals surface area contributed by atoms with Crippen LogP contribution in [0.25, 0.3) is 23.1 Å². The predicted molar refractivity (Wildman–Crippen MR) is 111 cm³/mol. The van der Waals surface area contributed by atoms with E-state index in [-0.39, 0.29) is 35.3 Å². The molecule has 2 N–H and O–H groups in total. The number of benzene rings is 1. The van der Waals surface area contributed by atoms with Crippen LogP contribution < -0.4 is 15.4 Å². The van der Waals surface area contributed by atoms with E-state index < -0.39 is 12.3 Å². The Balaban J connectivity index is 1.56. The minimum Gasteiger partial charge on any atom is -0.465 e. The standard InChI is InChI=1S/C20H17F3N8O2/c1-11(20(21,22)23)32-14-9-8-12(10-25-14)17-26-16(30-33-17)15-27-18(24)29-19(28-15)31(2)13-6-4-3-5-7-13/h3-11H,1-2H3,(H2,24,27,28,29). The van der Waals surface area contributed by atoms with Gasteiger partial charge in [0.25, 0.3) is 5.89 Å². The van der Waals surface area contributed by atoms with Crippen LogP contribution in [0.2, 0.25) is 0 Å². The zero-order valence-electron chi connectivity index (χ0n) is 17.4. The van der Waals surface area contributed by atoms with Gasteiger partial charge in [0.05, 0.1) is 5.56 Å². The van der Waals surface area contributed by atoms with Crippen molar-refractivity contribution in [2.75, 3.05) is 17.7 Å². The number of nitrogen functional groups attached to an aromatic ring is 1. The second-order valence-corrected chi connectivity index (χ2v) is 6.82. The topological polar surface area (TPSA) is 129 Å². The van der Waals surface area contributed by atoms with Crippen molar-refractivity contribution < 1.29 is 22.4 Å². The number of anilines is 3. The van der Waals surface area contributed by atoms with Crippen LogP contribution in [0.1, 0.15) is 6.92 Å². The third-order valence-electron chi connectivity index (χ3n) is 4.45. The molecule has 4 aromatic rings. The first-order valence-electron chi connectivity index (χ1n) is 9.55. The lowest BCUT2D eigenvalue weighted by atomic mass is 10.3. The van der Waals surface area contributed by atoms with Gasteiger partial charge in [0, 0.05) is 25.0 Å². The molecule has 4 rings (SSSR count). The van der Waals surface area contributed by atoms with Gasteiger partial charge in [-0.3, -0.25) is 0 Å². The molecular formula is C20H17F3N8O2. The number of pyridine rings is 1. The highest BCUT2D eigenvalue weighted by Crippen LogP contribution is 2.27. The number of nitrogens with zero attached hydrogens (tertiary/aromatic N) is 7. The zero-order chi connectivity index (χ0) is 23.6. The number of halogens is 3. The lowest BCUT2D eigenvalue weighted by Crippen LogP contribution is -2.31. The summed E-state index contributed by atoms with van der Waals surface area (Å²) in [7, 11) is 1.77. The fourth-order valence-corrected chi connectivity index (χ4v) is 2.65. The average molecular weight is 458 g/mol. The number of alkyl halides is 3. The maximum atomic E-state index is 12.6. The van der Waals surface area contributed by atoms with Crippen molar-refractivity contribution in [3.63, 3.8) is 0 Å². The lowest BCUT2D eigenvalue weighted by Gasteiger charge is -2.17.